The van der Waals surface area contributed by atoms with E-state index in [9.17, 15) is 4.79 Å². The Balaban J connectivity index is 1.47. The van der Waals surface area contributed by atoms with Crippen molar-refractivity contribution in [1.82, 2.24) is 5.43 Å². The Morgan fingerprint density at radius 2 is 1.72 bits per heavy atom. The highest BCUT2D eigenvalue weighted by molar-refractivity contribution is 7.99. The number of hydrogen-bond donors (Lipinski definition) is 1. The Morgan fingerprint density at radius 3 is 2.55 bits per heavy atom. The van der Waals surface area contributed by atoms with Crippen LogP contribution in [-0.4, -0.2) is 17.9 Å². The molecule has 0 aliphatic heterocycles. The zero-order valence-corrected chi connectivity index (χ0v) is 17.2. The average molecular weight is 405 g/mol. The van der Waals surface area contributed by atoms with Crippen molar-refractivity contribution in [2.45, 2.75) is 19.3 Å². The quantitative estimate of drug-likeness (QED) is 0.405. The van der Waals surface area contributed by atoms with Gasteiger partial charge in [0.25, 0.3) is 0 Å². The average Bonchev–Trinajstić information content (AvgIpc) is 2.75. The zero-order valence-electron chi connectivity index (χ0n) is 16.4. The van der Waals surface area contributed by atoms with Gasteiger partial charge >= 0.3 is 0 Å². The summed E-state index contributed by atoms with van der Waals surface area (Å²) < 4.78 is 5.90. The zero-order chi connectivity index (χ0) is 20.3. The van der Waals surface area contributed by atoms with Gasteiger partial charge in [0, 0.05) is 11.3 Å². The molecule has 0 fully saturated rings. The molecule has 0 saturated heterocycles. The van der Waals surface area contributed by atoms with Crippen LogP contribution in [0.3, 0.4) is 0 Å². The number of nitrogens with one attached hydrogen (secondary N) is 1. The fraction of sp³-hybridized carbons (Fsp3) is 0.167. The molecule has 0 aliphatic carbocycles. The van der Waals surface area contributed by atoms with E-state index in [4.69, 9.17) is 4.74 Å². The molecule has 148 valence electrons. The third-order valence-corrected chi connectivity index (χ3v) is 5.28. The van der Waals surface area contributed by atoms with E-state index in [2.05, 4.69) is 29.6 Å². The molecule has 29 heavy (non-hydrogen) atoms. The maximum atomic E-state index is 12.0. The summed E-state index contributed by atoms with van der Waals surface area (Å²) in [4.78, 5) is 12.0. The molecule has 0 aliphatic rings. The number of amides is 1. The van der Waals surface area contributed by atoms with Crippen molar-refractivity contribution >= 4 is 23.9 Å². The topological polar surface area (TPSA) is 50.7 Å². The number of nitrogens with zero attached hydrogens (tertiary/aromatic N) is 1. The number of thioether (sulfide) groups is 1. The van der Waals surface area contributed by atoms with Crippen LogP contribution in [0, 0.1) is 6.92 Å². The first-order chi connectivity index (χ1) is 14.2. The molecule has 4 nitrogen and oxygen atoms in total. The largest absolute Gasteiger partial charge is 0.488 e. The number of rotatable bonds is 9. The monoisotopic (exact) mass is 404 g/mol. The lowest BCUT2D eigenvalue weighted by molar-refractivity contribution is -0.118. The van der Waals surface area contributed by atoms with E-state index >= 15 is 0 Å². The van der Waals surface area contributed by atoms with Crippen LogP contribution in [0.2, 0.25) is 0 Å². The molecule has 0 heterocycles. The molecular formula is C24H24N2O2S. The lowest BCUT2D eigenvalue weighted by Gasteiger charge is -2.09. The van der Waals surface area contributed by atoms with E-state index in [1.807, 2.05) is 66.7 Å². The van der Waals surface area contributed by atoms with Gasteiger partial charge in [-0.15, -0.1) is 11.8 Å². The van der Waals surface area contributed by atoms with Crippen LogP contribution in [0.25, 0.3) is 0 Å². The van der Waals surface area contributed by atoms with Crippen molar-refractivity contribution < 1.29 is 9.53 Å². The van der Waals surface area contributed by atoms with Gasteiger partial charge in [-0.3, -0.25) is 4.79 Å². The Labute approximate surface area is 176 Å². The molecule has 3 aromatic carbocycles. The molecule has 0 atom stereocenters. The smallest absolute Gasteiger partial charge is 0.250 e. The van der Waals surface area contributed by atoms with E-state index in [-0.39, 0.29) is 5.91 Å². The van der Waals surface area contributed by atoms with Crippen molar-refractivity contribution in [2.24, 2.45) is 5.10 Å². The van der Waals surface area contributed by atoms with Gasteiger partial charge in [-0.25, -0.2) is 5.43 Å². The number of ether oxygens (including phenoxy) is 1. The van der Waals surface area contributed by atoms with Crippen LogP contribution in [0.4, 0.5) is 0 Å². The van der Waals surface area contributed by atoms with E-state index in [1.165, 1.54) is 11.1 Å². The van der Waals surface area contributed by atoms with Crippen LogP contribution in [-0.2, 0) is 17.2 Å². The van der Waals surface area contributed by atoms with Crippen molar-refractivity contribution in [1.29, 1.82) is 0 Å². The van der Waals surface area contributed by atoms with Crippen molar-refractivity contribution in [3.05, 3.63) is 101 Å². The first-order valence-corrected chi connectivity index (χ1v) is 10.6. The number of carbonyl (C=O) groups excluding carboxylic acids is 1. The molecule has 1 N–H and O–H groups in total. The Kier molecular flexibility index (Phi) is 7.90. The summed E-state index contributed by atoms with van der Waals surface area (Å²) in [6.07, 6.45) is 1.62. The molecule has 5 heteroatoms. The predicted octanol–water partition coefficient (Wildman–Crippen LogP) is 4.96. The summed E-state index contributed by atoms with van der Waals surface area (Å²) in [7, 11) is 0. The molecular weight excluding hydrogens is 380 g/mol. The van der Waals surface area contributed by atoms with E-state index in [1.54, 1.807) is 18.0 Å². The number of hydrogen-bond acceptors (Lipinski definition) is 4. The molecule has 0 aromatic heterocycles. The second kappa shape index (κ2) is 11.1. The maximum Gasteiger partial charge on any atom is 0.250 e. The van der Waals surface area contributed by atoms with Gasteiger partial charge in [0.05, 0.1) is 12.0 Å². The summed E-state index contributed by atoms with van der Waals surface area (Å²) in [6, 6.07) is 25.8. The summed E-state index contributed by atoms with van der Waals surface area (Å²) in [6.45, 7) is 2.56. The fourth-order valence-electron chi connectivity index (χ4n) is 2.69. The van der Waals surface area contributed by atoms with Gasteiger partial charge < -0.3 is 4.74 Å². The van der Waals surface area contributed by atoms with Gasteiger partial charge in [-0.2, -0.15) is 5.10 Å². The highest BCUT2D eigenvalue weighted by Crippen LogP contribution is 2.18. The number of hydrazone groups is 1. The number of para-hydroxylation sites is 1. The maximum absolute atomic E-state index is 12.0. The van der Waals surface area contributed by atoms with E-state index in [0.717, 1.165) is 22.6 Å². The summed E-state index contributed by atoms with van der Waals surface area (Å²) in [5, 5.41) is 4.08. The molecule has 3 aromatic rings. The molecule has 0 radical (unpaired) electrons. The molecule has 0 saturated carbocycles. The van der Waals surface area contributed by atoms with Gasteiger partial charge in [0.15, 0.2) is 0 Å². The lowest BCUT2D eigenvalue weighted by atomic mass is 10.1. The number of benzene rings is 3. The normalized spacial score (nSPS) is 10.8. The third kappa shape index (κ3) is 6.80. The van der Waals surface area contributed by atoms with Crippen molar-refractivity contribution in [3.8, 4) is 5.75 Å². The minimum absolute atomic E-state index is 0.123. The minimum Gasteiger partial charge on any atom is -0.488 e. The number of aryl methyl sites for hydroxylation is 1. The Hall–Kier alpha value is -3.05. The second-order valence-electron chi connectivity index (χ2n) is 6.52. The van der Waals surface area contributed by atoms with Crippen LogP contribution in [0.1, 0.15) is 22.3 Å². The Morgan fingerprint density at radius 1 is 1.00 bits per heavy atom. The van der Waals surface area contributed by atoms with Crippen LogP contribution >= 0.6 is 11.8 Å². The van der Waals surface area contributed by atoms with Crippen molar-refractivity contribution in [3.63, 3.8) is 0 Å². The standard InChI is InChI=1S/C24H24N2O2S/c1-19-9-5-6-13-22(19)17-29-18-24(27)26-25-15-21-12-7-8-14-23(21)28-16-20-10-3-2-4-11-20/h2-15H,16-18H2,1H3,(H,26,27). The highest BCUT2D eigenvalue weighted by Gasteiger charge is 2.04. The lowest BCUT2D eigenvalue weighted by Crippen LogP contribution is -2.19. The molecule has 3 rings (SSSR count). The predicted molar refractivity (Wildman–Crippen MR) is 120 cm³/mol. The highest BCUT2D eigenvalue weighted by atomic mass is 32.2. The van der Waals surface area contributed by atoms with Gasteiger partial charge in [0.2, 0.25) is 5.91 Å². The summed E-state index contributed by atoms with van der Waals surface area (Å²) in [5.41, 5.74) is 6.99. The SMILES string of the molecule is Cc1ccccc1CSCC(=O)NN=Cc1ccccc1OCc1ccccc1. The van der Waals surface area contributed by atoms with Crippen molar-refractivity contribution in [2.75, 3.05) is 5.75 Å². The summed E-state index contributed by atoms with van der Waals surface area (Å²) in [5.74, 6) is 1.77. The van der Waals surface area contributed by atoms with Crippen LogP contribution < -0.4 is 10.2 Å². The first kappa shape index (κ1) is 20.7. The first-order valence-electron chi connectivity index (χ1n) is 9.42. The minimum atomic E-state index is -0.123. The van der Waals surface area contributed by atoms with Gasteiger partial charge in [-0.05, 0) is 35.7 Å². The van der Waals surface area contributed by atoms with E-state index < -0.39 is 0 Å². The molecule has 0 spiro atoms. The van der Waals surface area contributed by atoms with E-state index in [0.29, 0.717) is 12.4 Å². The van der Waals surface area contributed by atoms with Gasteiger partial charge in [-0.1, -0.05) is 66.7 Å². The van der Waals surface area contributed by atoms with Crippen LogP contribution in [0.15, 0.2) is 84.0 Å². The molecule has 0 unspecified atom stereocenters. The Bertz CT molecular complexity index is 958. The van der Waals surface area contributed by atoms with Gasteiger partial charge in [0.1, 0.15) is 12.4 Å². The van der Waals surface area contributed by atoms with Crippen LogP contribution in [0.5, 0.6) is 5.75 Å². The second-order valence-corrected chi connectivity index (χ2v) is 7.51. The fourth-order valence-corrected chi connectivity index (χ4v) is 3.58. The molecule has 0 bridgehead atoms. The molecule has 1 amide bonds. The third-order valence-electron chi connectivity index (χ3n) is 4.30. The number of carbonyl (C=O) groups is 1. The summed E-state index contributed by atoms with van der Waals surface area (Å²) >= 11 is 1.57.